The Bertz CT molecular complexity index is 836. The van der Waals surface area contributed by atoms with E-state index in [4.69, 9.17) is 5.26 Å². The van der Waals surface area contributed by atoms with E-state index >= 15 is 0 Å². The summed E-state index contributed by atoms with van der Waals surface area (Å²) in [7, 11) is 0. The average molecular weight is 272 g/mol. The van der Waals surface area contributed by atoms with Gasteiger partial charge < -0.3 is 4.98 Å². The Hall–Kier alpha value is -2.74. The number of halogens is 3. The molecule has 0 aliphatic rings. The molecule has 1 N–H and O–H groups in total. The maximum absolute atomic E-state index is 13.2. The lowest BCUT2D eigenvalue weighted by molar-refractivity contribution is 0.447. The summed E-state index contributed by atoms with van der Waals surface area (Å²) in [5.41, 5.74) is 1.80. The first-order valence-corrected chi connectivity index (χ1v) is 5.76. The van der Waals surface area contributed by atoms with Gasteiger partial charge in [0.25, 0.3) is 0 Å². The van der Waals surface area contributed by atoms with Crippen molar-refractivity contribution in [3.05, 3.63) is 59.4 Å². The van der Waals surface area contributed by atoms with Crippen LogP contribution in [0.25, 0.3) is 22.2 Å². The predicted octanol–water partition coefficient (Wildman–Crippen LogP) is 4.12. The number of nitriles is 1. The van der Waals surface area contributed by atoms with E-state index in [2.05, 4.69) is 4.98 Å². The number of hydrogen-bond donors (Lipinski definition) is 1. The molecule has 0 unspecified atom stereocenters. The van der Waals surface area contributed by atoms with Gasteiger partial charge in [0.15, 0.2) is 17.5 Å². The molecule has 1 heterocycles. The Balaban J connectivity index is 2.18. The molecular weight excluding hydrogens is 265 g/mol. The highest BCUT2D eigenvalue weighted by atomic mass is 19.2. The largest absolute Gasteiger partial charge is 0.354 e. The Morgan fingerprint density at radius 1 is 0.950 bits per heavy atom. The van der Waals surface area contributed by atoms with Crippen LogP contribution in [0.2, 0.25) is 0 Å². The third-order valence-corrected chi connectivity index (χ3v) is 3.05. The lowest BCUT2D eigenvalue weighted by atomic mass is 10.1. The third kappa shape index (κ3) is 1.91. The van der Waals surface area contributed by atoms with Crippen molar-refractivity contribution in [1.29, 1.82) is 5.26 Å². The zero-order valence-corrected chi connectivity index (χ0v) is 10.0. The molecule has 2 aromatic carbocycles. The van der Waals surface area contributed by atoms with E-state index in [9.17, 15) is 13.2 Å². The number of fused-ring (bicyclic) bond motifs is 1. The van der Waals surface area contributed by atoms with E-state index in [1.807, 2.05) is 6.07 Å². The van der Waals surface area contributed by atoms with Gasteiger partial charge in [0.2, 0.25) is 0 Å². The SMILES string of the molecule is N#Cc1ccc2cc(-c3cc(F)c(F)c(F)c3)[nH]c2c1. The second-order valence-corrected chi connectivity index (χ2v) is 4.35. The number of aromatic nitrogens is 1. The summed E-state index contributed by atoms with van der Waals surface area (Å²) < 4.78 is 39.4. The maximum atomic E-state index is 13.2. The standard InChI is InChI=1S/C15H7F3N2/c16-11-4-10(5-12(17)15(11)18)14-6-9-2-1-8(7-19)3-13(9)20-14/h1-6,20H. The molecular formula is C15H7F3N2. The number of nitrogens with zero attached hydrogens (tertiary/aromatic N) is 1. The van der Waals surface area contributed by atoms with Crippen molar-refractivity contribution >= 4 is 10.9 Å². The molecule has 2 nitrogen and oxygen atoms in total. The summed E-state index contributed by atoms with van der Waals surface area (Å²) in [5.74, 6) is -3.97. The van der Waals surface area contributed by atoms with Gasteiger partial charge in [-0.25, -0.2) is 13.2 Å². The van der Waals surface area contributed by atoms with Crippen LogP contribution in [0, 0.1) is 28.8 Å². The van der Waals surface area contributed by atoms with E-state index < -0.39 is 17.5 Å². The molecule has 0 fully saturated rings. The fourth-order valence-corrected chi connectivity index (χ4v) is 2.06. The summed E-state index contributed by atoms with van der Waals surface area (Å²) in [5, 5.41) is 9.61. The van der Waals surface area contributed by atoms with Gasteiger partial charge in [-0.2, -0.15) is 5.26 Å². The van der Waals surface area contributed by atoms with Crippen LogP contribution < -0.4 is 0 Å². The summed E-state index contributed by atoms with van der Waals surface area (Å²) in [6.07, 6.45) is 0. The summed E-state index contributed by atoms with van der Waals surface area (Å²) >= 11 is 0. The van der Waals surface area contributed by atoms with E-state index in [0.29, 0.717) is 16.8 Å². The normalized spacial score (nSPS) is 10.7. The highest BCUT2D eigenvalue weighted by Crippen LogP contribution is 2.27. The first kappa shape index (κ1) is 12.3. The summed E-state index contributed by atoms with van der Waals surface area (Å²) in [4.78, 5) is 2.95. The Labute approximate surface area is 112 Å². The quantitative estimate of drug-likeness (QED) is 0.665. The highest BCUT2D eigenvalue weighted by Gasteiger charge is 2.13. The lowest BCUT2D eigenvalue weighted by Crippen LogP contribution is -1.91. The first-order chi connectivity index (χ1) is 9.58. The van der Waals surface area contributed by atoms with Gasteiger partial charge in [0.1, 0.15) is 0 Å². The predicted molar refractivity (Wildman–Crippen MR) is 68.3 cm³/mol. The van der Waals surface area contributed by atoms with Crippen LogP contribution in [0.1, 0.15) is 5.56 Å². The minimum Gasteiger partial charge on any atom is -0.354 e. The highest BCUT2D eigenvalue weighted by molar-refractivity contribution is 5.86. The molecule has 1 aromatic heterocycles. The second-order valence-electron chi connectivity index (χ2n) is 4.35. The Kier molecular flexibility index (Phi) is 2.72. The van der Waals surface area contributed by atoms with E-state index in [-0.39, 0.29) is 5.56 Å². The third-order valence-electron chi connectivity index (χ3n) is 3.05. The van der Waals surface area contributed by atoms with Gasteiger partial charge in [0, 0.05) is 22.2 Å². The molecule has 0 aliphatic heterocycles. The van der Waals surface area contributed by atoms with Gasteiger partial charge in [0.05, 0.1) is 11.6 Å². The zero-order chi connectivity index (χ0) is 14.3. The van der Waals surface area contributed by atoms with Crippen molar-refractivity contribution in [2.45, 2.75) is 0 Å². The number of rotatable bonds is 1. The van der Waals surface area contributed by atoms with Gasteiger partial charge in [-0.3, -0.25) is 0 Å². The van der Waals surface area contributed by atoms with Gasteiger partial charge in [-0.15, -0.1) is 0 Å². The molecule has 20 heavy (non-hydrogen) atoms. The molecule has 0 bridgehead atoms. The fraction of sp³-hybridized carbons (Fsp3) is 0. The van der Waals surface area contributed by atoms with Crippen LogP contribution in [-0.2, 0) is 0 Å². The smallest absolute Gasteiger partial charge is 0.194 e. The minimum absolute atomic E-state index is 0.205. The average Bonchev–Trinajstić information content (AvgIpc) is 2.86. The van der Waals surface area contributed by atoms with Crippen LogP contribution in [0.3, 0.4) is 0 Å². The molecule has 0 saturated carbocycles. The summed E-state index contributed by atoms with van der Waals surface area (Å²) in [6, 6.07) is 10.5. The zero-order valence-electron chi connectivity index (χ0n) is 10.0. The van der Waals surface area contributed by atoms with Gasteiger partial charge in [-0.05, 0) is 30.3 Å². The monoisotopic (exact) mass is 272 g/mol. The van der Waals surface area contributed by atoms with E-state index in [1.165, 1.54) is 0 Å². The topological polar surface area (TPSA) is 39.6 Å². The number of nitrogens with one attached hydrogen (secondary N) is 1. The maximum Gasteiger partial charge on any atom is 0.194 e. The van der Waals surface area contributed by atoms with Crippen molar-refractivity contribution in [2.24, 2.45) is 0 Å². The minimum atomic E-state index is -1.49. The molecule has 0 atom stereocenters. The van der Waals surface area contributed by atoms with Crippen LogP contribution in [0.5, 0.6) is 0 Å². The van der Waals surface area contributed by atoms with Crippen molar-refractivity contribution in [1.82, 2.24) is 4.98 Å². The second kappa shape index (κ2) is 4.42. The molecule has 3 aromatic rings. The van der Waals surface area contributed by atoms with Crippen LogP contribution in [0.4, 0.5) is 13.2 Å². The molecule has 0 amide bonds. The molecule has 98 valence electrons. The molecule has 5 heteroatoms. The fourth-order valence-electron chi connectivity index (χ4n) is 2.06. The molecule has 0 aliphatic carbocycles. The Morgan fingerprint density at radius 2 is 1.65 bits per heavy atom. The first-order valence-electron chi connectivity index (χ1n) is 5.76. The molecule has 3 rings (SSSR count). The van der Waals surface area contributed by atoms with E-state index in [0.717, 1.165) is 17.5 Å². The van der Waals surface area contributed by atoms with E-state index in [1.54, 1.807) is 24.3 Å². The van der Waals surface area contributed by atoms with Crippen molar-refractivity contribution in [3.8, 4) is 17.3 Å². The lowest BCUT2D eigenvalue weighted by Gasteiger charge is -2.00. The number of hydrogen-bond acceptors (Lipinski definition) is 1. The van der Waals surface area contributed by atoms with Crippen LogP contribution in [0.15, 0.2) is 36.4 Å². The molecule has 0 saturated heterocycles. The molecule has 0 spiro atoms. The van der Waals surface area contributed by atoms with Crippen molar-refractivity contribution in [2.75, 3.05) is 0 Å². The number of H-pyrrole nitrogens is 1. The van der Waals surface area contributed by atoms with Gasteiger partial charge >= 0.3 is 0 Å². The van der Waals surface area contributed by atoms with Crippen molar-refractivity contribution in [3.63, 3.8) is 0 Å². The molecule has 0 radical (unpaired) electrons. The number of aromatic amines is 1. The number of benzene rings is 2. The summed E-state index contributed by atoms with van der Waals surface area (Å²) in [6.45, 7) is 0. The van der Waals surface area contributed by atoms with Crippen LogP contribution >= 0.6 is 0 Å². The van der Waals surface area contributed by atoms with Crippen LogP contribution in [-0.4, -0.2) is 4.98 Å². The Morgan fingerprint density at radius 3 is 2.30 bits per heavy atom. The van der Waals surface area contributed by atoms with Crippen molar-refractivity contribution < 1.29 is 13.2 Å². The van der Waals surface area contributed by atoms with Gasteiger partial charge in [-0.1, -0.05) is 6.07 Å².